The minimum atomic E-state index is 0.475. The molecule has 0 saturated heterocycles. The van der Waals surface area contributed by atoms with Crippen LogP contribution >= 0.6 is 27.5 Å². The molecule has 1 atom stereocenters. The van der Waals surface area contributed by atoms with E-state index in [-0.39, 0.29) is 0 Å². The number of para-hydroxylation sites is 1. The van der Waals surface area contributed by atoms with Gasteiger partial charge in [-0.1, -0.05) is 29.8 Å². The molecular formula is C16H15BrClNO. The molecule has 0 fully saturated rings. The van der Waals surface area contributed by atoms with Crippen LogP contribution in [-0.2, 0) is 0 Å². The molecule has 2 aromatic rings. The molecule has 1 aliphatic rings. The van der Waals surface area contributed by atoms with Crippen LogP contribution in [0.2, 0.25) is 5.02 Å². The van der Waals surface area contributed by atoms with Crippen LogP contribution in [0.15, 0.2) is 46.9 Å². The highest BCUT2D eigenvalue weighted by Gasteiger charge is 2.20. The highest BCUT2D eigenvalue weighted by Crippen LogP contribution is 2.34. The fraction of sp³-hybridized carbons (Fsp3) is 0.250. The summed E-state index contributed by atoms with van der Waals surface area (Å²) in [6, 6.07) is 14.1. The van der Waals surface area contributed by atoms with E-state index in [9.17, 15) is 0 Å². The van der Waals surface area contributed by atoms with Crippen molar-refractivity contribution in [1.82, 2.24) is 0 Å². The summed E-state index contributed by atoms with van der Waals surface area (Å²) >= 11 is 9.49. The molecule has 3 rings (SSSR count). The zero-order chi connectivity index (χ0) is 13.9. The minimum absolute atomic E-state index is 0.475. The van der Waals surface area contributed by atoms with Gasteiger partial charge >= 0.3 is 0 Å². The summed E-state index contributed by atoms with van der Waals surface area (Å²) < 4.78 is 6.68. The standard InChI is InChI=1S/C16H15BrClNO/c17-14-9-12(18)5-6-15(14)19-10-11-7-8-20-16-4-2-1-3-13(11)16/h1-6,9,11,19H,7-8,10H2. The van der Waals surface area contributed by atoms with Gasteiger partial charge in [0.2, 0.25) is 0 Å². The van der Waals surface area contributed by atoms with Crippen molar-refractivity contribution in [3.05, 3.63) is 57.5 Å². The molecule has 0 bridgehead atoms. The molecule has 4 heteroatoms. The van der Waals surface area contributed by atoms with E-state index in [0.29, 0.717) is 5.92 Å². The zero-order valence-electron chi connectivity index (χ0n) is 10.9. The molecule has 0 aliphatic carbocycles. The number of nitrogens with one attached hydrogen (secondary N) is 1. The second-order valence-corrected chi connectivity index (χ2v) is 6.17. The fourth-order valence-electron chi connectivity index (χ4n) is 2.49. The Labute approximate surface area is 132 Å². The van der Waals surface area contributed by atoms with Gasteiger partial charge in [-0.3, -0.25) is 0 Å². The molecule has 0 aromatic heterocycles. The average Bonchev–Trinajstić information content (AvgIpc) is 2.46. The van der Waals surface area contributed by atoms with E-state index in [2.05, 4.69) is 33.4 Å². The van der Waals surface area contributed by atoms with Crippen LogP contribution in [0.25, 0.3) is 0 Å². The van der Waals surface area contributed by atoms with E-state index in [1.165, 1.54) is 5.56 Å². The predicted octanol–water partition coefficient (Wildman–Crippen LogP) is 5.08. The van der Waals surface area contributed by atoms with E-state index < -0.39 is 0 Å². The number of halogens is 2. The SMILES string of the molecule is Clc1ccc(NCC2CCOc3ccccc32)c(Br)c1. The van der Waals surface area contributed by atoms with Crippen molar-refractivity contribution in [3.63, 3.8) is 0 Å². The van der Waals surface area contributed by atoms with Crippen molar-refractivity contribution in [1.29, 1.82) is 0 Å². The van der Waals surface area contributed by atoms with Gasteiger partial charge < -0.3 is 10.1 Å². The smallest absolute Gasteiger partial charge is 0.122 e. The number of hydrogen-bond acceptors (Lipinski definition) is 2. The number of anilines is 1. The maximum atomic E-state index is 5.96. The Morgan fingerprint density at radius 2 is 2.10 bits per heavy atom. The molecule has 1 N–H and O–H groups in total. The normalized spacial score (nSPS) is 17.2. The highest BCUT2D eigenvalue weighted by atomic mass is 79.9. The van der Waals surface area contributed by atoms with Crippen LogP contribution in [-0.4, -0.2) is 13.2 Å². The van der Waals surface area contributed by atoms with Crippen LogP contribution in [0.4, 0.5) is 5.69 Å². The largest absolute Gasteiger partial charge is 0.493 e. The van der Waals surface area contributed by atoms with Gasteiger partial charge in [-0.2, -0.15) is 0 Å². The number of hydrogen-bond donors (Lipinski definition) is 1. The summed E-state index contributed by atoms with van der Waals surface area (Å²) in [4.78, 5) is 0. The van der Waals surface area contributed by atoms with Crippen LogP contribution in [0.5, 0.6) is 5.75 Å². The molecular weight excluding hydrogens is 338 g/mol. The van der Waals surface area contributed by atoms with Gasteiger partial charge in [-0.25, -0.2) is 0 Å². The van der Waals surface area contributed by atoms with E-state index in [1.54, 1.807) is 0 Å². The lowest BCUT2D eigenvalue weighted by Crippen LogP contribution is -2.20. The molecule has 1 unspecified atom stereocenters. The summed E-state index contributed by atoms with van der Waals surface area (Å²) in [7, 11) is 0. The molecule has 2 aromatic carbocycles. The van der Waals surface area contributed by atoms with Crippen LogP contribution in [0, 0.1) is 0 Å². The van der Waals surface area contributed by atoms with E-state index in [0.717, 1.165) is 40.5 Å². The molecule has 0 saturated carbocycles. The number of fused-ring (bicyclic) bond motifs is 1. The molecule has 20 heavy (non-hydrogen) atoms. The van der Waals surface area contributed by atoms with Crippen molar-refractivity contribution in [2.45, 2.75) is 12.3 Å². The fourth-order valence-corrected chi connectivity index (χ4v) is 3.32. The van der Waals surface area contributed by atoms with Crippen molar-refractivity contribution >= 4 is 33.2 Å². The molecule has 1 heterocycles. The summed E-state index contributed by atoms with van der Waals surface area (Å²) in [6.07, 6.45) is 1.04. The maximum absolute atomic E-state index is 5.96. The highest BCUT2D eigenvalue weighted by molar-refractivity contribution is 9.10. The molecule has 1 aliphatic heterocycles. The summed E-state index contributed by atoms with van der Waals surface area (Å²) in [5.41, 5.74) is 2.36. The first-order valence-electron chi connectivity index (χ1n) is 6.64. The lowest BCUT2D eigenvalue weighted by atomic mass is 9.93. The minimum Gasteiger partial charge on any atom is -0.493 e. The van der Waals surface area contributed by atoms with E-state index in [1.807, 2.05) is 30.3 Å². The third-order valence-electron chi connectivity index (χ3n) is 3.55. The quantitative estimate of drug-likeness (QED) is 0.831. The second kappa shape index (κ2) is 6.06. The Morgan fingerprint density at radius 3 is 2.95 bits per heavy atom. The Hall–Kier alpha value is -1.19. The topological polar surface area (TPSA) is 21.3 Å². The van der Waals surface area contributed by atoms with Gasteiger partial charge in [0.25, 0.3) is 0 Å². The Balaban J connectivity index is 1.73. The number of rotatable bonds is 3. The lowest BCUT2D eigenvalue weighted by Gasteiger charge is -2.26. The molecule has 2 nitrogen and oxygen atoms in total. The first-order valence-corrected chi connectivity index (χ1v) is 7.82. The first-order chi connectivity index (χ1) is 9.74. The Morgan fingerprint density at radius 1 is 1.25 bits per heavy atom. The average molecular weight is 353 g/mol. The first kappa shape index (κ1) is 13.8. The third kappa shape index (κ3) is 2.94. The van der Waals surface area contributed by atoms with Crippen molar-refractivity contribution in [3.8, 4) is 5.75 Å². The van der Waals surface area contributed by atoms with Gasteiger partial charge in [0.1, 0.15) is 5.75 Å². The summed E-state index contributed by atoms with van der Waals surface area (Å²) in [5, 5.41) is 4.22. The maximum Gasteiger partial charge on any atom is 0.122 e. The zero-order valence-corrected chi connectivity index (χ0v) is 13.2. The summed E-state index contributed by atoms with van der Waals surface area (Å²) in [5.74, 6) is 1.49. The van der Waals surface area contributed by atoms with Crippen LogP contribution in [0.1, 0.15) is 17.9 Å². The van der Waals surface area contributed by atoms with Gasteiger partial charge in [0, 0.05) is 27.6 Å². The van der Waals surface area contributed by atoms with Crippen LogP contribution < -0.4 is 10.1 Å². The Bertz CT molecular complexity index is 617. The third-order valence-corrected chi connectivity index (χ3v) is 4.44. The molecule has 0 radical (unpaired) electrons. The lowest BCUT2D eigenvalue weighted by molar-refractivity contribution is 0.270. The summed E-state index contributed by atoms with van der Waals surface area (Å²) in [6.45, 7) is 1.67. The monoisotopic (exact) mass is 351 g/mol. The number of ether oxygens (including phenoxy) is 1. The second-order valence-electron chi connectivity index (χ2n) is 4.88. The van der Waals surface area contributed by atoms with Gasteiger partial charge in [0.15, 0.2) is 0 Å². The molecule has 104 valence electrons. The van der Waals surface area contributed by atoms with Gasteiger partial charge in [0.05, 0.1) is 6.61 Å². The molecule has 0 spiro atoms. The van der Waals surface area contributed by atoms with Crippen molar-refractivity contribution < 1.29 is 4.74 Å². The van der Waals surface area contributed by atoms with E-state index in [4.69, 9.17) is 16.3 Å². The van der Waals surface area contributed by atoms with E-state index >= 15 is 0 Å². The molecule has 0 amide bonds. The predicted molar refractivity (Wildman–Crippen MR) is 86.9 cm³/mol. The van der Waals surface area contributed by atoms with Gasteiger partial charge in [-0.05, 0) is 52.2 Å². The van der Waals surface area contributed by atoms with Crippen LogP contribution in [0.3, 0.4) is 0 Å². The number of benzene rings is 2. The van der Waals surface area contributed by atoms with Crippen molar-refractivity contribution in [2.24, 2.45) is 0 Å². The van der Waals surface area contributed by atoms with Crippen molar-refractivity contribution in [2.75, 3.05) is 18.5 Å². The van der Waals surface area contributed by atoms with Gasteiger partial charge in [-0.15, -0.1) is 0 Å². The Kier molecular flexibility index (Phi) is 4.18.